The van der Waals surface area contributed by atoms with Gasteiger partial charge in [0.25, 0.3) is 0 Å². The summed E-state index contributed by atoms with van der Waals surface area (Å²) in [5, 5.41) is 9.57. The fourth-order valence-corrected chi connectivity index (χ4v) is 1.56. The number of aromatic hydroxyl groups is 1. The minimum atomic E-state index is 0.420. The third-order valence-electron chi connectivity index (χ3n) is 2.59. The zero-order chi connectivity index (χ0) is 9.26. The molecule has 13 heavy (non-hydrogen) atoms. The van der Waals surface area contributed by atoms with Gasteiger partial charge >= 0.3 is 0 Å². The van der Waals surface area contributed by atoms with Crippen molar-refractivity contribution in [2.75, 3.05) is 0 Å². The first-order chi connectivity index (χ1) is 6.29. The van der Waals surface area contributed by atoms with Gasteiger partial charge < -0.3 is 10.8 Å². The van der Waals surface area contributed by atoms with Crippen molar-refractivity contribution in [3.63, 3.8) is 0 Å². The van der Waals surface area contributed by atoms with Gasteiger partial charge in [0.05, 0.1) is 0 Å². The molecule has 0 atom stereocenters. The van der Waals surface area contributed by atoms with E-state index in [1.807, 2.05) is 12.1 Å². The molecule has 1 aliphatic rings. The van der Waals surface area contributed by atoms with Crippen LogP contribution in [0.15, 0.2) is 18.2 Å². The van der Waals surface area contributed by atoms with Crippen molar-refractivity contribution in [3.05, 3.63) is 29.3 Å². The minimum Gasteiger partial charge on any atom is -0.508 e. The van der Waals surface area contributed by atoms with Crippen molar-refractivity contribution in [2.24, 2.45) is 11.7 Å². The Hall–Kier alpha value is -1.02. The minimum absolute atomic E-state index is 0.420. The maximum absolute atomic E-state index is 9.57. The van der Waals surface area contributed by atoms with Crippen LogP contribution in [0.2, 0.25) is 0 Å². The Morgan fingerprint density at radius 3 is 2.77 bits per heavy atom. The Morgan fingerprint density at radius 1 is 1.38 bits per heavy atom. The summed E-state index contributed by atoms with van der Waals surface area (Å²) < 4.78 is 0. The van der Waals surface area contributed by atoms with Gasteiger partial charge in [0.1, 0.15) is 5.75 Å². The van der Waals surface area contributed by atoms with Crippen molar-refractivity contribution in [1.82, 2.24) is 0 Å². The van der Waals surface area contributed by atoms with Crippen LogP contribution in [0, 0.1) is 5.92 Å². The average Bonchev–Trinajstić information content (AvgIpc) is 2.93. The van der Waals surface area contributed by atoms with E-state index in [9.17, 15) is 5.11 Å². The van der Waals surface area contributed by atoms with E-state index < -0.39 is 0 Å². The molecule has 1 saturated carbocycles. The van der Waals surface area contributed by atoms with E-state index >= 15 is 0 Å². The van der Waals surface area contributed by atoms with Crippen LogP contribution in [0.5, 0.6) is 5.75 Å². The fourth-order valence-electron chi connectivity index (χ4n) is 1.56. The maximum atomic E-state index is 9.57. The smallest absolute Gasteiger partial charge is 0.118 e. The first kappa shape index (κ1) is 8.57. The largest absolute Gasteiger partial charge is 0.508 e. The highest BCUT2D eigenvalue weighted by Crippen LogP contribution is 2.35. The van der Waals surface area contributed by atoms with Gasteiger partial charge in [-0.05, 0) is 42.4 Å². The number of hydrogen-bond donors (Lipinski definition) is 2. The Balaban J connectivity index is 2.19. The zero-order valence-corrected chi connectivity index (χ0v) is 7.66. The molecule has 2 heteroatoms. The van der Waals surface area contributed by atoms with E-state index in [-0.39, 0.29) is 0 Å². The lowest BCUT2D eigenvalue weighted by Crippen LogP contribution is -1.98. The lowest BCUT2D eigenvalue weighted by Gasteiger charge is -2.05. The van der Waals surface area contributed by atoms with Gasteiger partial charge in [-0.3, -0.25) is 0 Å². The second-order valence-electron chi connectivity index (χ2n) is 3.81. The highest BCUT2D eigenvalue weighted by molar-refractivity contribution is 5.36. The highest BCUT2D eigenvalue weighted by atomic mass is 16.3. The van der Waals surface area contributed by atoms with E-state index in [0.29, 0.717) is 12.3 Å². The summed E-state index contributed by atoms with van der Waals surface area (Å²) in [6.07, 6.45) is 3.64. The van der Waals surface area contributed by atoms with E-state index in [4.69, 9.17) is 5.73 Å². The van der Waals surface area contributed by atoms with Crippen LogP contribution in [0.4, 0.5) is 0 Å². The number of nitrogens with two attached hydrogens (primary N) is 1. The predicted molar refractivity (Wildman–Crippen MR) is 52.4 cm³/mol. The Kier molecular flexibility index (Phi) is 2.23. The second kappa shape index (κ2) is 3.38. The van der Waals surface area contributed by atoms with Crippen LogP contribution in [-0.2, 0) is 13.0 Å². The number of benzene rings is 1. The molecule has 3 N–H and O–H groups in total. The molecule has 0 aromatic heterocycles. The summed E-state index contributed by atoms with van der Waals surface area (Å²) in [4.78, 5) is 0. The maximum Gasteiger partial charge on any atom is 0.118 e. The third-order valence-corrected chi connectivity index (χ3v) is 2.59. The lowest BCUT2D eigenvalue weighted by molar-refractivity contribution is 0.466. The monoisotopic (exact) mass is 177 g/mol. The van der Waals surface area contributed by atoms with Crippen LogP contribution in [-0.4, -0.2) is 5.11 Å². The van der Waals surface area contributed by atoms with Crippen molar-refractivity contribution >= 4 is 0 Å². The van der Waals surface area contributed by atoms with E-state index in [1.54, 1.807) is 6.07 Å². The molecule has 0 aliphatic heterocycles. The SMILES string of the molecule is NCc1ccc(O)c(CC2CC2)c1. The molecule has 0 amide bonds. The van der Waals surface area contributed by atoms with Crippen molar-refractivity contribution in [2.45, 2.75) is 25.8 Å². The Morgan fingerprint density at radius 2 is 2.15 bits per heavy atom. The molecule has 2 nitrogen and oxygen atoms in total. The quantitative estimate of drug-likeness (QED) is 0.739. The molecule has 0 bridgehead atoms. The number of hydrogen-bond acceptors (Lipinski definition) is 2. The first-order valence-corrected chi connectivity index (χ1v) is 4.80. The standard InChI is InChI=1S/C11H15NO/c12-7-9-3-4-11(13)10(6-9)5-8-1-2-8/h3-4,6,8,13H,1-2,5,7,12H2. The van der Waals surface area contributed by atoms with Crippen LogP contribution in [0.3, 0.4) is 0 Å². The third kappa shape index (κ3) is 2.01. The molecular weight excluding hydrogens is 162 g/mol. The van der Waals surface area contributed by atoms with Gasteiger partial charge in [-0.15, -0.1) is 0 Å². The summed E-state index contributed by atoms with van der Waals surface area (Å²) in [6, 6.07) is 5.65. The molecule has 1 aromatic carbocycles. The van der Waals surface area contributed by atoms with Crippen molar-refractivity contribution in [3.8, 4) is 5.75 Å². The van der Waals surface area contributed by atoms with E-state index in [0.717, 1.165) is 23.5 Å². The normalized spacial score (nSPS) is 16.1. The fraction of sp³-hybridized carbons (Fsp3) is 0.455. The van der Waals surface area contributed by atoms with Crippen LogP contribution in [0.1, 0.15) is 24.0 Å². The summed E-state index contributed by atoms with van der Waals surface area (Å²) in [7, 11) is 0. The topological polar surface area (TPSA) is 46.2 Å². The molecule has 1 aliphatic carbocycles. The Bertz CT molecular complexity index is 305. The van der Waals surface area contributed by atoms with Gasteiger partial charge in [-0.1, -0.05) is 12.1 Å². The van der Waals surface area contributed by atoms with Crippen LogP contribution in [0.25, 0.3) is 0 Å². The molecule has 0 unspecified atom stereocenters. The lowest BCUT2D eigenvalue weighted by atomic mass is 10.0. The number of rotatable bonds is 3. The number of phenols is 1. The van der Waals surface area contributed by atoms with E-state index in [2.05, 4.69) is 0 Å². The molecule has 1 aromatic rings. The summed E-state index contributed by atoms with van der Waals surface area (Å²) in [6.45, 7) is 0.554. The molecule has 0 heterocycles. The van der Waals surface area contributed by atoms with Gasteiger partial charge in [0, 0.05) is 6.54 Å². The highest BCUT2D eigenvalue weighted by Gasteiger charge is 2.22. The zero-order valence-electron chi connectivity index (χ0n) is 7.66. The van der Waals surface area contributed by atoms with Crippen molar-refractivity contribution < 1.29 is 5.11 Å². The summed E-state index contributed by atoms with van der Waals surface area (Å²) in [5.74, 6) is 1.23. The predicted octanol–water partition coefficient (Wildman–Crippen LogP) is 1.80. The summed E-state index contributed by atoms with van der Waals surface area (Å²) >= 11 is 0. The average molecular weight is 177 g/mol. The Labute approximate surface area is 78.4 Å². The van der Waals surface area contributed by atoms with Gasteiger partial charge in [-0.25, -0.2) is 0 Å². The van der Waals surface area contributed by atoms with E-state index in [1.165, 1.54) is 12.8 Å². The molecule has 0 saturated heterocycles. The van der Waals surface area contributed by atoms with Gasteiger partial charge in [0.2, 0.25) is 0 Å². The van der Waals surface area contributed by atoms with Crippen LogP contribution >= 0.6 is 0 Å². The van der Waals surface area contributed by atoms with Crippen molar-refractivity contribution in [1.29, 1.82) is 0 Å². The molecule has 1 fully saturated rings. The van der Waals surface area contributed by atoms with Gasteiger partial charge in [-0.2, -0.15) is 0 Å². The second-order valence-corrected chi connectivity index (χ2v) is 3.81. The molecule has 0 radical (unpaired) electrons. The molecule has 70 valence electrons. The number of phenolic OH excluding ortho intramolecular Hbond substituents is 1. The van der Waals surface area contributed by atoms with Crippen LogP contribution < -0.4 is 5.73 Å². The molecule has 2 rings (SSSR count). The van der Waals surface area contributed by atoms with Gasteiger partial charge in [0.15, 0.2) is 0 Å². The molecule has 0 spiro atoms. The molecular formula is C11H15NO. The summed E-state index contributed by atoms with van der Waals surface area (Å²) in [5.41, 5.74) is 7.70. The first-order valence-electron chi connectivity index (χ1n) is 4.80.